The quantitative estimate of drug-likeness (QED) is 0.748. The van der Waals surface area contributed by atoms with Gasteiger partial charge in [0.2, 0.25) is 5.91 Å². The summed E-state index contributed by atoms with van der Waals surface area (Å²) in [4.78, 5) is 24.3. The van der Waals surface area contributed by atoms with Gasteiger partial charge in [-0.15, -0.1) is 0 Å². The van der Waals surface area contributed by atoms with Gasteiger partial charge in [-0.1, -0.05) is 27.5 Å². The summed E-state index contributed by atoms with van der Waals surface area (Å²) in [5.41, 5.74) is 0.669. The average molecular weight is 303 g/mol. The number of rotatable bonds is 1. The number of halogens is 2. The second-order valence-electron chi connectivity index (χ2n) is 3.61. The molecule has 0 radical (unpaired) electrons. The highest BCUT2D eigenvalue weighted by atomic mass is 79.9. The van der Waals surface area contributed by atoms with Crippen molar-refractivity contribution >= 4 is 44.9 Å². The number of anilines is 1. The number of amides is 1. The molecule has 0 atom stereocenters. The van der Waals surface area contributed by atoms with Gasteiger partial charge in [-0.2, -0.15) is 0 Å². The van der Waals surface area contributed by atoms with Gasteiger partial charge in [-0.25, -0.2) is 0 Å². The van der Waals surface area contributed by atoms with Crippen LogP contribution in [0.2, 0.25) is 5.02 Å². The molecule has 0 saturated carbocycles. The fourth-order valence-corrected chi connectivity index (χ4v) is 2.44. The molecule has 1 amide bonds. The molecule has 2 rings (SSSR count). The highest BCUT2D eigenvalue weighted by Crippen LogP contribution is 2.30. The van der Waals surface area contributed by atoms with Gasteiger partial charge in [0.05, 0.1) is 17.1 Å². The third-order valence-corrected chi connectivity index (χ3v) is 3.26. The van der Waals surface area contributed by atoms with E-state index < -0.39 is 0 Å². The van der Waals surface area contributed by atoms with Gasteiger partial charge in [-0.05, 0) is 18.2 Å². The Hall–Kier alpha value is -0.870. The fraction of sp³-hybridized carbons (Fsp3) is 0.273. The Kier molecular flexibility index (Phi) is 3.30. The zero-order chi connectivity index (χ0) is 11.7. The Bertz CT molecular complexity index is 461. The summed E-state index contributed by atoms with van der Waals surface area (Å²) >= 11 is 9.36. The smallest absolute Gasteiger partial charge is 0.234 e. The van der Waals surface area contributed by atoms with Crippen molar-refractivity contribution in [2.75, 3.05) is 11.4 Å². The second kappa shape index (κ2) is 4.55. The van der Waals surface area contributed by atoms with E-state index in [1.54, 1.807) is 17.0 Å². The van der Waals surface area contributed by atoms with E-state index in [0.717, 1.165) is 4.47 Å². The molecule has 0 bridgehead atoms. The monoisotopic (exact) mass is 301 g/mol. The molecule has 1 fully saturated rings. The summed E-state index contributed by atoms with van der Waals surface area (Å²) in [6.45, 7) is 0.416. The van der Waals surface area contributed by atoms with E-state index in [1.165, 1.54) is 0 Å². The van der Waals surface area contributed by atoms with Crippen LogP contribution >= 0.6 is 27.5 Å². The van der Waals surface area contributed by atoms with Crippen LogP contribution in [-0.4, -0.2) is 18.2 Å². The number of hydrogen-bond donors (Lipinski definition) is 0. The van der Waals surface area contributed by atoms with E-state index in [9.17, 15) is 9.59 Å². The van der Waals surface area contributed by atoms with Crippen LogP contribution in [0.5, 0.6) is 0 Å². The van der Waals surface area contributed by atoms with Crippen LogP contribution < -0.4 is 4.90 Å². The molecular formula is C11H9BrClNO2. The van der Waals surface area contributed by atoms with Gasteiger partial charge in [0.25, 0.3) is 0 Å². The van der Waals surface area contributed by atoms with E-state index in [-0.39, 0.29) is 18.1 Å². The number of carbonyl (C=O) groups is 2. The summed E-state index contributed by atoms with van der Waals surface area (Å²) in [6, 6.07) is 5.34. The van der Waals surface area contributed by atoms with Crippen LogP contribution in [0.1, 0.15) is 12.8 Å². The third kappa shape index (κ3) is 2.28. The van der Waals surface area contributed by atoms with Gasteiger partial charge in [-0.3, -0.25) is 9.59 Å². The molecule has 1 heterocycles. The minimum atomic E-state index is -0.180. The van der Waals surface area contributed by atoms with Gasteiger partial charge >= 0.3 is 0 Å². The Morgan fingerprint density at radius 2 is 2.06 bits per heavy atom. The number of carbonyl (C=O) groups excluding carboxylic acids is 2. The first-order chi connectivity index (χ1) is 7.58. The van der Waals surface area contributed by atoms with Crippen molar-refractivity contribution in [3.63, 3.8) is 0 Å². The zero-order valence-corrected chi connectivity index (χ0v) is 10.7. The lowest BCUT2D eigenvalue weighted by Crippen LogP contribution is -2.39. The van der Waals surface area contributed by atoms with Crippen molar-refractivity contribution in [3.05, 3.63) is 27.7 Å². The molecule has 1 aromatic rings. The van der Waals surface area contributed by atoms with Crippen molar-refractivity contribution in [1.29, 1.82) is 0 Å². The molecule has 1 aliphatic heterocycles. The van der Waals surface area contributed by atoms with Crippen molar-refractivity contribution in [2.45, 2.75) is 12.8 Å². The number of benzene rings is 1. The first-order valence-corrected chi connectivity index (χ1v) is 6.02. The van der Waals surface area contributed by atoms with Crippen LogP contribution in [0.15, 0.2) is 22.7 Å². The van der Waals surface area contributed by atoms with Crippen molar-refractivity contribution in [3.8, 4) is 0 Å². The lowest BCUT2D eigenvalue weighted by atomic mass is 10.1. The summed E-state index contributed by atoms with van der Waals surface area (Å²) in [5, 5.41) is 0.511. The number of nitrogens with zero attached hydrogens (tertiary/aromatic N) is 1. The van der Waals surface area contributed by atoms with E-state index in [0.29, 0.717) is 23.7 Å². The SMILES string of the molecule is O=C1CCN(c2ccc(Br)cc2Cl)C(=O)C1. The maximum absolute atomic E-state index is 11.7. The second-order valence-corrected chi connectivity index (χ2v) is 4.93. The molecule has 0 aliphatic carbocycles. The van der Waals surface area contributed by atoms with Gasteiger partial charge in [0.1, 0.15) is 5.78 Å². The lowest BCUT2D eigenvalue weighted by Gasteiger charge is -2.26. The Morgan fingerprint density at radius 3 is 2.69 bits per heavy atom. The molecule has 0 spiro atoms. The maximum Gasteiger partial charge on any atom is 0.234 e. The molecular weight excluding hydrogens is 293 g/mol. The largest absolute Gasteiger partial charge is 0.310 e. The number of piperidine rings is 1. The lowest BCUT2D eigenvalue weighted by molar-refractivity contribution is -0.128. The van der Waals surface area contributed by atoms with Crippen molar-refractivity contribution < 1.29 is 9.59 Å². The van der Waals surface area contributed by atoms with E-state index in [1.807, 2.05) is 6.07 Å². The molecule has 1 saturated heterocycles. The highest BCUT2D eigenvalue weighted by molar-refractivity contribution is 9.10. The predicted octanol–water partition coefficient (Wildman–Crippen LogP) is 2.80. The topological polar surface area (TPSA) is 37.4 Å². The van der Waals surface area contributed by atoms with Crippen LogP contribution in [0.25, 0.3) is 0 Å². The van der Waals surface area contributed by atoms with Crippen molar-refractivity contribution in [2.24, 2.45) is 0 Å². The highest BCUT2D eigenvalue weighted by Gasteiger charge is 2.26. The van der Waals surface area contributed by atoms with Gasteiger partial charge < -0.3 is 4.90 Å². The molecule has 1 aliphatic rings. The van der Waals surface area contributed by atoms with Crippen LogP contribution in [-0.2, 0) is 9.59 Å². The zero-order valence-electron chi connectivity index (χ0n) is 8.37. The summed E-state index contributed by atoms with van der Waals surface area (Å²) in [7, 11) is 0. The number of Topliss-reactive ketones (excluding diaryl/α,β-unsaturated/α-hetero) is 1. The Morgan fingerprint density at radius 1 is 1.31 bits per heavy atom. The molecule has 84 valence electrons. The number of hydrogen-bond acceptors (Lipinski definition) is 2. The first-order valence-electron chi connectivity index (χ1n) is 4.85. The van der Waals surface area contributed by atoms with Gasteiger partial charge in [0.15, 0.2) is 0 Å². The third-order valence-electron chi connectivity index (χ3n) is 2.46. The van der Waals surface area contributed by atoms with E-state index >= 15 is 0 Å². The standard InChI is InChI=1S/C11H9BrClNO2/c12-7-1-2-10(9(13)5-7)14-4-3-8(15)6-11(14)16/h1-2,5H,3-4,6H2. The molecule has 0 unspecified atom stereocenters. The molecule has 16 heavy (non-hydrogen) atoms. The van der Waals surface area contributed by atoms with Gasteiger partial charge in [0, 0.05) is 17.4 Å². The summed E-state index contributed by atoms with van der Waals surface area (Å²) in [6.07, 6.45) is 0.379. The molecule has 0 aromatic heterocycles. The molecule has 3 nitrogen and oxygen atoms in total. The normalized spacial score (nSPS) is 16.8. The minimum absolute atomic E-state index is 0.00511. The Labute approximate surface area is 107 Å². The van der Waals surface area contributed by atoms with Crippen LogP contribution in [0.3, 0.4) is 0 Å². The predicted molar refractivity (Wildman–Crippen MR) is 65.7 cm³/mol. The van der Waals surface area contributed by atoms with Crippen LogP contribution in [0, 0.1) is 0 Å². The first kappa shape index (κ1) is 11.6. The maximum atomic E-state index is 11.7. The molecule has 1 aromatic carbocycles. The minimum Gasteiger partial charge on any atom is -0.310 e. The Balaban J connectivity index is 2.30. The van der Waals surface area contributed by atoms with Crippen molar-refractivity contribution in [1.82, 2.24) is 0 Å². The molecule has 0 N–H and O–H groups in total. The fourth-order valence-electron chi connectivity index (χ4n) is 1.67. The van der Waals surface area contributed by atoms with Crippen LogP contribution in [0.4, 0.5) is 5.69 Å². The van der Waals surface area contributed by atoms with E-state index in [4.69, 9.17) is 11.6 Å². The summed E-state index contributed by atoms with van der Waals surface area (Å²) < 4.78 is 0.863. The van der Waals surface area contributed by atoms with E-state index in [2.05, 4.69) is 15.9 Å². The molecule has 5 heteroatoms. The average Bonchev–Trinajstić information content (AvgIpc) is 2.19. The summed E-state index contributed by atoms with van der Waals surface area (Å²) in [5.74, 6) is -0.185. The number of ketones is 1.